The van der Waals surface area contributed by atoms with Gasteiger partial charge in [0, 0.05) is 0 Å². The number of hydrogen-bond donors (Lipinski definition) is 1. The van der Waals surface area contributed by atoms with E-state index in [1.807, 2.05) is 18.2 Å². The smallest absolute Gasteiger partial charge is 0.146 e. The van der Waals surface area contributed by atoms with E-state index in [9.17, 15) is 0 Å². The third kappa shape index (κ3) is 2.81. The average molecular weight is 221 g/mol. The van der Waals surface area contributed by atoms with Gasteiger partial charge in [-0.2, -0.15) is 0 Å². The van der Waals surface area contributed by atoms with Crippen molar-refractivity contribution in [1.82, 2.24) is 0 Å². The lowest BCUT2D eigenvalue weighted by molar-refractivity contribution is 0.294. The Labute approximate surface area is 96.5 Å². The van der Waals surface area contributed by atoms with Crippen molar-refractivity contribution >= 4 is 5.69 Å². The first-order valence-corrected chi connectivity index (χ1v) is 5.95. The Kier molecular flexibility index (Phi) is 3.54. The molecule has 3 heteroatoms. The van der Waals surface area contributed by atoms with E-state index in [4.69, 9.17) is 15.2 Å². The molecule has 16 heavy (non-hydrogen) atoms. The van der Waals surface area contributed by atoms with Gasteiger partial charge in [0.05, 0.1) is 13.2 Å². The molecule has 0 aromatic heterocycles. The lowest BCUT2D eigenvalue weighted by atomic mass is 10.2. The number of nitrogens with two attached hydrogens (primary N) is 1. The van der Waals surface area contributed by atoms with E-state index in [1.54, 1.807) is 0 Å². The Hall–Kier alpha value is -1.38. The molecule has 88 valence electrons. The summed E-state index contributed by atoms with van der Waals surface area (Å²) >= 11 is 0. The summed E-state index contributed by atoms with van der Waals surface area (Å²) in [7, 11) is 0. The SMILES string of the molecule is CCCOc1cccc(OCC2CC2)c1N. The van der Waals surface area contributed by atoms with E-state index in [-0.39, 0.29) is 0 Å². The second-order valence-corrected chi connectivity index (χ2v) is 4.27. The number of benzene rings is 1. The van der Waals surface area contributed by atoms with Gasteiger partial charge < -0.3 is 15.2 Å². The van der Waals surface area contributed by atoms with E-state index >= 15 is 0 Å². The highest BCUT2D eigenvalue weighted by molar-refractivity contribution is 5.62. The monoisotopic (exact) mass is 221 g/mol. The van der Waals surface area contributed by atoms with Gasteiger partial charge in [-0.05, 0) is 37.3 Å². The van der Waals surface area contributed by atoms with Crippen LogP contribution in [0.4, 0.5) is 5.69 Å². The van der Waals surface area contributed by atoms with Gasteiger partial charge >= 0.3 is 0 Å². The lowest BCUT2D eigenvalue weighted by Crippen LogP contribution is -2.04. The molecule has 0 saturated heterocycles. The minimum absolute atomic E-state index is 0.622. The topological polar surface area (TPSA) is 44.5 Å². The molecule has 0 bridgehead atoms. The molecular formula is C13H19NO2. The molecule has 1 aliphatic rings. The Bertz CT molecular complexity index is 348. The van der Waals surface area contributed by atoms with Crippen LogP contribution in [0.5, 0.6) is 11.5 Å². The summed E-state index contributed by atoms with van der Waals surface area (Å²) in [4.78, 5) is 0. The number of hydrogen-bond acceptors (Lipinski definition) is 3. The van der Waals surface area contributed by atoms with Gasteiger partial charge in [-0.3, -0.25) is 0 Å². The quantitative estimate of drug-likeness (QED) is 0.751. The number of ether oxygens (including phenoxy) is 2. The van der Waals surface area contributed by atoms with Crippen molar-refractivity contribution in [3.05, 3.63) is 18.2 Å². The van der Waals surface area contributed by atoms with Crippen LogP contribution in [-0.4, -0.2) is 13.2 Å². The van der Waals surface area contributed by atoms with Gasteiger partial charge in [0.15, 0.2) is 0 Å². The van der Waals surface area contributed by atoms with Crippen molar-refractivity contribution < 1.29 is 9.47 Å². The van der Waals surface area contributed by atoms with E-state index in [1.165, 1.54) is 12.8 Å². The molecule has 0 heterocycles. The average Bonchev–Trinajstić information content (AvgIpc) is 3.10. The summed E-state index contributed by atoms with van der Waals surface area (Å²) in [5.74, 6) is 2.22. The van der Waals surface area contributed by atoms with E-state index in [0.717, 1.165) is 30.4 Å². The zero-order chi connectivity index (χ0) is 11.4. The predicted molar refractivity (Wildman–Crippen MR) is 64.9 cm³/mol. The van der Waals surface area contributed by atoms with Crippen LogP contribution in [0.2, 0.25) is 0 Å². The van der Waals surface area contributed by atoms with E-state index in [2.05, 4.69) is 6.92 Å². The van der Waals surface area contributed by atoms with Gasteiger partial charge in [0.1, 0.15) is 17.2 Å². The van der Waals surface area contributed by atoms with Crippen molar-refractivity contribution in [2.75, 3.05) is 18.9 Å². The fourth-order valence-corrected chi connectivity index (χ4v) is 1.48. The van der Waals surface area contributed by atoms with Crippen LogP contribution in [0.15, 0.2) is 18.2 Å². The first kappa shape index (κ1) is 11.1. The Morgan fingerprint density at radius 2 is 1.94 bits per heavy atom. The molecule has 0 aliphatic heterocycles. The van der Waals surface area contributed by atoms with Crippen LogP contribution >= 0.6 is 0 Å². The summed E-state index contributed by atoms with van der Waals surface area (Å²) in [6.45, 7) is 3.54. The van der Waals surface area contributed by atoms with Crippen LogP contribution in [0.3, 0.4) is 0 Å². The van der Waals surface area contributed by atoms with Crippen LogP contribution < -0.4 is 15.2 Å². The fourth-order valence-electron chi connectivity index (χ4n) is 1.48. The van der Waals surface area contributed by atoms with Crippen LogP contribution in [0, 0.1) is 5.92 Å². The maximum Gasteiger partial charge on any atom is 0.146 e. The predicted octanol–water partition coefficient (Wildman–Crippen LogP) is 2.85. The zero-order valence-corrected chi connectivity index (χ0v) is 9.74. The first-order chi connectivity index (χ1) is 7.81. The zero-order valence-electron chi connectivity index (χ0n) is 9.74. The number of rotatable bonds is 6. The van der Waals surface area contributed by atoms with Gasteiger partial charge in [-0.15, -0.1) is 0 Å². The number of nitrogen functional groups attached to an aromatic ring is 1. The van der Waals surface area contributed by atoms with Crippen LogP contribution in [-0.2, 0) is 0 Å². The first-order valence-electron chi connectivity index (χ1n) is 5.95. The fraction of sp³-hybridized carbons (Fsp3) is 0.538. The Morgan fingerprint density at radius 3 is 2.56 bits per heavy atom. The minimum Gasteiger partial charge on any atom is -0.491 e. The molecule has 1 aromatic rings. The molecule has 1 saturated carbocycles. The summed E-state index contributed by atoms with van der Waals surface area (Å²) in [5.41, 5.74) is 6.60. The summed E-state index contributed by atoms with van der Waals surface area (Å²) in [5, 5.41) is 0. The molecule has 0 unspecified atom stereocenters. The van der Waals surface area contributed by atoms with Crippen molar-refractivity contribution in [1.29, 1.82) is 0 Å². The highest BCUT2D eigenvalue weighted by Gasteiger charge is 2.22. The molecule has 0 radical (unpaired) electrons. The molecule has 1 fully saturated rings. The molecule has 1 aliphatic carbocycles. The van der Waals surface area contributed by atoms with E-state index in [0.29, 0.717) is 12.3 Å². The normalized spacial score (nSPS) is 14.8. The molecule has 0 spiro atoms. The third-order valence-corrected chi connectivity index (χ3v) is 2.66. The van der Waals surface area contributed by atoms with E-state index < -0.39 is 0 Å². The van der Waals surface area contributed by atoms with Gasteiger partial charge in [0.2, 0.25) is 0 Å². The van der Waals surface area contributed by atoms with Gasteiger partial charge in [-0.1, -0.05) is 13.0 Å². The molecule has 3 nitrogen and oxygen atoms in total. The largest absolute Gasteiger partial charge is 0.491 e. The van der Waals surface area contributed by atoms with Crippen molar-refractivity contribution in [2.45, 2.75) is 26.2 Å². The lowest BCUT2D eigenvalue weighted by Gasteiger charge is -2.12. The summed E-state index contributed by atoms with van der Waals surface area (Å²) in [6, 6.07) is 5.70. The van der Waals surface area contributed by atoms with Crippen LogP contribution in [0.25, 0.3) is 0 Å². The number of anilines is 1. The molecule has 1 aromatic carbocycles. The highest BCUT2D eigenvalue weighted by Crippen LogP contribution is 2.34. The molecule has 2 N–H and O–H groups in total. The van der Waals surface area contributed by atoms with Gasteiger partial charge in [0.25, 0.3) is 0 Å². The van der Waals surface area contributed by atoms with Crippen molar-refractivity contribution in [3.63, 3.8) is 0 Å². The second kappa shape index (κ2) is 5.10. The highest BCUT2D eigenvalue weighted by atomic mass is 16.5. The standard InChI is InChI=1S/C13H19NO2/c1-2-8-15-11-4-3-5-12(13(11)14)16-9-10-6-7-10/h3-5,10H,2,6-9,14H2,1H3. The maximum atomic E-state index is 5.98. The second-order valence-electron chi connectivity index (χ2n) is 4.27. The minimum atomic E-state index is 0.622. The molecule has 2 rings (SSSR count). The molecule has 0 atom stereocenters. The number of para-hydroxylation sites is 1. The summed E-state index contributed by atoms with van der Waals surface area (Å²) in [6.07, 6.45) is 3.55. The van der Waals surface area contributed by atoms with Gasteiger partial charge in [-0.25, -0.2) is 0 Å². The Morgan fingerprint density at radius 1 is 1.25 bits per heavy atom. The van der Waals surface area contributed by atoms with Crippen molar-refractivity contribution in [3.8, 4) is 11.5 Å². The van der Waals surface area contributed by atoms with Crippen LogP contribution in [0.1, 0.15) is 26.2 Å². The van der Waals surface area contributed by atoms with Crippen molar-refractivity contribution in [2.24, 2.45) is 5.92 Å². The molecular weight excluding hydrogens is 202 g/mol. The molecule has 0 amide bonds. The Balaban J connectivity index is 1.99. The summed E-state index contributed by atoms with van der Waals surface area (Å²) < 4.78 is 11.2. The third-order valence-electron chi connectivity index (χ3n) is 2.66. The maximum absolute atomic E-state index is 5.98.